The second-order valence-corrected chi connectivity index (χ2v) is 28.2. The van der Waals surface area contributed by atoms with Crippen molar-refractivity contribution in [1.29, 1.82) is 0 Å². The highest BCUT2D eigenvalue weighted by Gasteiger charge is 2.30. The first-order valence-corrected chi connectivity index (χ1v) is 38.5. The molecule has 0 saturated heterocycles. The summed E-state index contributed by atoms with van der Waals surface area (Å²) >= 11 is 0. The Hall–Kier alpha value is -1.94. The summed E-state index contributed by atoms with van der Waals surface area (Å²) in [5.41, 5.74) is 0. The molecule has 0 fully saturated rings. The number of rotatable bonds is 67. The molecular formula is C68H132O17P2. The number of carbonyl (C=O) groups is 4. The molecule has 3 N–H and O–H groups in total. The summed E-state index contributed by atoms with van der Waals surface area (Å²) in [6, 6.07) is 0. The van der Waals surface area contributed by atoms with Gasteiger partial charge in [0.05, 0.1) is 26.4 Å². The molecular weight excluding hydrogens is 1150 g/mol. The Kier molecular flexibility index (Phi) is 59.0. The summed E-state index contributed by atoms with van der Waals surface area (Å²) in [6.07, 6.45) is 44.5. The van der Waals surface area contributed by atoms with Crippen molar-refractivity contribution in [3.05, 3.63) is 0 Å². The molecule has 0 rings (SSSR count). The highest BCUT2D eigenvalue weighted by Crippen LogP contribution is 2.45. The number of esters is 4. The standard InChI is InChI=1S/C68H132O17P2/c1-7-10-12-14-16-18-28-32-40-46-52-67(72)84-63(56-78-65(70)50-44-38-31-26-17-15-13-11-8-2)58-82-86(74,75)80-54-62(69)55-81-87(76,77)83-59-64(57-79-66(71)51-45-39-35-34-37-43-49-61(6)9-3)85-68(73)53-47-41-33-29-25-23-21-19-20-22-24-27-30-36-42-48-60(4)5/h60-64,69H,7-59H2,1-6H3,(H,74,75)(H,76,77)/t61?,62-,63+,64+/m0/s1. The Morgan fingerprint density at radius 2 is 0.586 bits per heavy atom. The quantitative estimate of drug-likeness (QED) is 0.0222. The van der Waals surface area contributed by atoms with E-state index >= 15 is 0 Å². The van der Waals surface area contributed by atoms with Gasteiger partial charge in [-0.05, 0) is 37.5 Å². The lowest BCUT2D eigenvalue weighted by molar-refractivity contribution is -0.161. The van der Waals surface area contributed by atoms with Gasteiger partial charge in [0.15, 0.2) is 12.2 Å². The third kappa shape index (κ3) is 61.3. The van der Waals surface area contributed by atoms with Crippen molar-refractivity contribution in [1.82, 2.24) is 0 Å². The second-order valence-electron chi connectivity index (χ2n) is 25.3. The number of ether oxygens (including phenoxy) is 4. The fourth-order valence-corrected chi connectivity index (χ4v) is 11.8. The Morgan fingerprint density at radius 3 is 0.874 bits per heavy atom. The van der Waals surface area contributed by atoms with Crippen LogP contribution >= 0.6 is 15.6 Å². The summed E-state index contributed by atoms with van der Waals surface area (Å²) in [4.78, 5) is 72.3. The molecule has 0 bridgehead atoms. The summed E-state index contributed by atoms with van der Waals surface area (Å²) in [5.74, 6) is -0.596. The van der Waals surface area contributed by atoms with Crippen LogP contribution in [-0.2, 0) is 65.4 Å². The Bertz CT molecular complexity index is 1700. The molecule has 6 atom stereocenters. The summed E-state index contributed by atoms with van der Waals surface area (Å²) in [7, 11) is -9.89. The van der Waals surface area contributed by atoms with Crippen molar-refractivity contribution in [2.45, 2.75) is 362 Å². The van der Waals surface area contributed by atoms with E-state index < -0.39 is 97.5 Å². The Morgan fingerprint density at radius 1 is 0.333 bits per heavy atom. The fourth-order valence-electron chi connectivity index (χ4n) is 10.2. The van der Waals surface area contributed by atoms with E-state index in [-0.39, 0.29) is 25.7 Å². The molecule has 0 heterocycles. The molecule has 0 saturated carbocycles. The van der Waals surface area contributed by atoms with Crippen LogP contribution in [0, 0.1) is 11.8 Å². The van der Waals surface area contributed by atoms with E-state index in [0.29, 0.717) is 25.7 Å². The van der Waals surface area contributed by atoms with Crippen LogP contribution in [0.2, 0.25) is 0 Å². The van der Waals surface area contributed by atoms with Crippen LogP contribution in [0.15, 0.2) is 0 Å². The van der Waals surface area contributed by atoms with Gasteiger partial charge in [-0.1, -0.05) is 292 Å². The number of aliphatic hydroxyl groups is 1. The van der Waals surface area contributed by atoms with Crippen LogP contribution in [0.1, 0.15) is 343 Å². The van der Waals surface area contributed by atoms with Crippen LogP contribution < -0.4 is 0 Å². The Labute approximate surface area is 530 Å². The zero-order valence-electron chi connectivity index (χ0n) is 56.3. The average Bonchev–Trinajstić information content (AvgIpc) is 3.69. The molecule has 3 unspecified atom stereocenters. The van der Waals surface area contributed by atoms with Crippen molar-refractivity contribution < 1.29 is 80.2 Å². The zero-order valence-corrected chi connectivity index (χ0v) is 58.1. The number of unbranched alkanes of at least 4 members (excludes halogenated alkanes) is 36. The van der Waals surface area contributed by atoms with Crippen LogP contribution in [-0.4, -0.2) is 96.7 Å². The van der Waals surface area contributed by atoms with E-state index in [0.717, 1.165) is 108 Å². The van der Waals surface area contributed by atoms with E-state index in [4.69, 9.17) is 37.0 Å². The third-order valence-electron chi connectivity index (χ3n) is 16.1. The smallest absolute Gasteiger partial charge is 0.462 e. The first-order valence-electron chi connectivity index (χ1n) is 35.5. The minimum Gasteiger partial charge on any atom is -0.462 e. The van der Waals surface area contributed by atoms with Gasteiger partial charge in [-0.3, -0.25) is 37.3 Å². The summed E-state index contributed by atoms with van der Waals surface area (Å²) in [6.45, 7) is 9.49. The predicted molar refractivity (Wildman–Crippen MR) is 349 cm³/mol. The summed E-state index contributed by atoms with van der Waals surface area (Å²) < 4.78 is 68.1. The van der Waals surface area contributed by atoms with Gasteiger partial charge in [0.1, 0.15) is 19.3 Å². The fraction of sp³-hybridized carbons (Fsp3) is 0.941. The average molecular weight is 1280 g/mol. The maximum atomic E-state index is 13.0. The molecule has 516 valence electrons. The molecule has 0 aliphatic rings. The molecule has 0 aromatic rings. The lowest BCUT2D eigenvalue weighted by Gasteiger charge is -2.21. The van der Waals surface area contributed by atoms with Gasteiger partial charge in [-0.2, -0.15) is 0 Å². The lowest BCUT2D eigenvalue weighted by atomic mass is 10.00. The maximum Gasteiger partial charge on any atom is 0.472 e. The number of aliphatic hydroxyl groups excluding tert-OH is 1. The number of hydrogen-bond donors (Lipinski definition) is 3. The predicted octanol–water partition coefficient (Wildman–Crippen LogP) is 19.2. The minimum absolute atomic E-state index is 0.106. The molecule has 0 aromatic heterocycles. The molecule has 0 radical (unpaired) electrons. The van der Waals surface area contributed by atoms with E-state index in [9.17, 15) is 43.2 Å². The Balaban J connectivity index is 5.19. The van der Waals surface area contributed by atoms with Crippen molar-refractivity contribution in [2.75, 3.05) is 39.6 Å². The van der Waals surface area contributed by atoms with Crippen molar-refractivity contribution in [2.24, 2.45) is 11.8 Å². The van der Waals surface area contributed by atoms with Gasteiger partial charge < -0.3 is 33.8 Å². The summed E-state index contributed by atoms with van der Waals surface area (Å²) in [5, 5.41) is 10.6. The lowest BCUT2D eigenvalue weighted by Crippen LogP contribution is -2.30. The van der Waals surface area contributed by atoms with Crippen LogP contribution in [0.5, 0.6) is 0 Å². The van der Waals surface area contributed by atoms with E-state index in [1.165, 1.54) is 154 Å². The highest BCUT2D eigenvalue weighted by atomic mass is 31.2. The monoisotopic (exact) mass is 1280 g/mol. The van der Waals surface area contributed by atoms with Gasteiger partial charge in [-0.25, -0.2) is 9.13 Å². The molecule has 0 aromatic carbocycles. The van der Waals surface area contributed by atoms with Gasteiger partial charge >= 0.3 is 39.5 Å². The van der Waals surface area contributed by atoms with Crippen LogP contribution in [0.3, 0.4) is 0 Å². The van der Waals surface area contributed by atoms with E-state index in [1.807, 2.05) is 0 Å². The SMILES string of the molecule is CCCCCCCCCCCCC(=O)O[C@H](COC(=O)CCCCCCCCCCC)COP(=O)(O)OC[C@H](O)COP(=O)(O)OC[C@@H](COC(=O)CCCCCCCCC(C)CC)OC(=O)CCCCCCCCCCCCCCCCCC(C)C. The van der Waals surface area contributed by atoms with Crippen LogP contribution in [0.25, 0.3) is 0 Å². The van der Waals surface area contributed by atoms with E-state index in [2.05, 4.69) is 41.5 Å². The second kappa shape index (κ2) is 60.3. The molecule has 17 nitrogen and oxygen atoms in total. The maximum absolute atomic E-state index is 13.0. The molecule has 87 heavy (non-hydrogen) atoms. The number of phosphoric acid groups is 2. The highest BCUT2D eigenvalue weighted by molar-refractivity contribution is 7.47. The first kappa shape index (κ1) is 85.1. The normalized spacial score (nSPS) is 14.5. The van der Waals surface area contributed by atoms with Crippen molar-refractivity contribution in [3.63, 3.8) is 0 Å². The van der Waals surface area contributed by atoms with Gasteiger partial charge in [-0.15, -0.1) is 0 Å². The first-order chi connectivity index (χ1) is 41.9. The topological polar surface area (TPSA) is 237 Å². The minimum atomic E-state index is -4.95. The largest absolute Gasteiger partial charge is 0.472 e. The van der Waals surface area contributed by atoms with E-state index in [1.54, 1.807) is 0 Å². The van der Waals surface area contributed by atoms with Crippen LogP contribution in [0.4, 0.5) is 0 Å². The number of phosphoric ester groups is 2. The molecule has 0 aliphatic carbocycles. The van der Waals surface area contributed by atoms with Gasteiger partial charge in [0.25, 0.3) is 0 Å². The zero-order chi connectivity index (χ0) is 64.3. The molecule has 0 amide bonds. The van der Waals surface area contributed by atoms with Gasteiger partial charge in [0, 0.05) is 25.7 Å². The number of hydrogen-bond acceptors (Lipinski definition) is 15. The third-order valence-corrected chi connectivity index (χ3v) is 18.0. The molecule has 0 spiro atoms. The van der Waals surface area contributed by atoms with Crippen molar-refractivity contribution in [3.8, 4) is 0 Å². The molecule has 0 aliphatic heterocycles. The van der Waals surface area contributed by atoms with Gasteiger partial charge in [0.2, 0.25) is 0 Å². The van der Waals surface area contributed by atoms with Crippen molar-refractivity contribution >= 4 is 39.5 Å². The number of carbonyl (C=O) groups excluding carboxylic acids is 4. The molecule has 19 heteroatoms.